The van der Waals surface area contributed by atoms with Crippen LogP contribution in [0.1, 0.15) is 0 Å². The summed E-state index contributed by atoms with van der Waals surface area (Å²) < 4.78 is 31.8. The van der Waals surface area contributed by atoms with Gasteiger partial charge in [-0.25, -0.2) is 0 Å². The van der Waals surface area contributed by atoms with Crippen molar-refractivity contribution in [2.24, 2.45) is 0 Å². The number of hydrogen-bond acceptors (Lipinski definition) is 6. The molecule has 0 atom stereocenters. The SMILES string of the molecule is [B](Oc1ccc2c(c1)OCO2)Oc1ccc2c(c1)OCO2. The van der Waals surface area contributed by atoms with Crippen molar-refractivity contribution < 1.29 is 28.3 Å². The molecule has 2 aliphatic heterocycles. The normalized spacial score (nSPS) is 13.9. The van der Waals surface area contributed by atoms with E-state index in [-0.39, 0.29) is 13.6 Å². The summed E-state index contributed by atoms with van der Waals surface area (Å²) in [6.45, 7) is 0.465. The maximum atomic E-state index is 5.40. The molecule has 2 aromatic carbocycles. The van der Waals surface area contributed by atoms with Crippen LogP contribution < -0.4 is 28.3 Å². The molecule has 2 aromatic rings. The standard InChI is InChI=1S/C14H10BO6/c1-3-11-13(18-7-16-11)5-9(1)20-15-21-10-2-4-12-14(6-10)19-8-17-12/h1-6H,7-8H2. The van der Waals surface area contributed by atoms with Crippen LogP contribution >= 0.6 is 0 Å². The number of fused-ring (bicyclic) bond motifs is 2. The highest BCUT2D eigenvalue weighted by molar-refractivity contribution is 6.20. The summed E-state index contributed by atoms with van der Waals surface area (Å²) in [5.74, 6) is 3.92. The Morgan fingerprint density at radius 1 is 0.667 bits per heavy atom. The molecule has 0 unspecified atom stereocenters. The molecule has 0 aliphatic carbocycles. The van der Waals surface area contributed by atoms with Gasteiger partial charge in [0, 0.05) is 12.1 Å². The Hall–Kier alpha value is -2.70. The van der Waals surface area contributed by atoms with E-state index in [0.717, 1.165) is 0 Å². The van der Waals surface area contributed by atoms with E-state index in [0.29, 0.717) is 34.5 Å². The first-order valence-electron chi connectivity index (χ1n) is 6.33. The van der Waals surface area contributed by atoms with Gasteiger partial charge in [0.2, 0.25) is 13.6 Å². The van der Waals surface area contributed by atoms with Crippen molar-refractivity contribution in [1.29, 1.82) is 0 Å². The quantitative estimate of drug-likeness (QED) is 0.802. The molecule has 0 spiro atoms. The fourth-order valence-corrected chi connectivity index (χ4v) is 2.04. The van der Waals surface area contributed by atoms with Crippen molar-refractivity contribution in [2.75, 3.05) is 13.6 Å². The second-order valence-corrected chi connectivity index (χ2v) is 4.36. The van der Waals surface area contributed by atoms with Gasteiger partial charge in [0.05, 0.1) is 0 Å². The minimum atomic E-state index is 0.232. The minimum absolute atomic E-state index is 0.232. The largest absolute Gasteiger partial charge is 0.658 e. The first kappa shape index (κ1) is 12.1. The zero-order valence-corrected chi connectivity index (χ0v) is 10.9. The lowest BCUT2D eigenvalue weighted by Gasteiger charge is -2.07. The molecule has 7 heteroatoms. The molecule has 0 saturated heterocycles. The summed E-state index contributed by atoms with van der Waals surface area (Å²) in [5, 5.41) is 0. The molecule has 2 heterocycles. The summed E-state index contributed by atoms with van der Waals surface area (Å²) in [7, 11) is 1.25. The molecule has 0 amide bonds. The summed E-state index contributed by atoms with van der Waals surface area (Å²) >= 11 is 0. The highest BCUT2D eigenvalue weighted by atomic mass is 16.7. The van der Waals surface area contributed by atoms with E-state index in [1.54, 1.807) is 36.4 Å². The van der Waals surface area contributed by atoms with E-state index in [9.17, 15) is 0 Å². The van der Waals surface area contributed by atoms with E-state index in [4.69, 9.17) is 28.3 Å². The van der Waals surface area contributed by atoms with Crippen molar-refractivity contribution >= 4 is 7.69 Å². The second-order valence-electron chi connectivity index (χ2n) is 4.36. The van der Waals surface area contributed by atoms with Gasteiger partial charge >= 0.3 is 7.69 Å². The fourth-order valence-electron chi connectivity index (χ4n) is 2.04. The molecule has 0 fully saturated rings. The molecule has 0 aromatic heterocycles. The summed E-state index contributed by atoms with van der Waals surface area (Å²) in [6.07, 6.45) is 0. The molecule has 6 nitrogen and oxygen atoms in total. The number of rotatable bonds is 4. The van der Waals surface area contributed by atoms with Crippen LogP contribution in [0.3, 0.4) is 0 Å². The zero-order chi connectivity index (χ0) is 14.1. The number of benzene rings is 2. The van der Waals surface area contributed by atoms with Gasteiger partial charge in [-0.15, -0.1) is 0 Å². The topological polar surface area (TPSA) is 55.4 Å². The van der Waals surface area contributed by atoms with Crippen molar-refractivity contribution in [3.8, 4) is 34.5 Å². The first-order valence-corrected chi connectivity index (χ1v) is 6.33. The molecule has 21 heavy (non-hydrogen) atoms. The van der Waals surface area contributed by atoms with Crippen LogP contribution in [0.25, 0.3) is 0 Å². The van der Waals surface area contributed by atoms with Gasteiger partial charge in [-0.1, -0.05) is 0 Å². The predicted octanol–water partition coefficient (Wildman–Crippen LogP) is 2.14. The van der Waals surface area contributed by atoms with Gasteiger partial charge in [0.25, 0.3) is 0 Å². The fraction of sp³-hybridized carbons (Fsp3) is 0.143. The third-order valence-corrected chi connectivity index (χ3v) is 3.06. The molecule has 1 radical (unpaired) electrons. The van der Waals surface area contributed by atoms with E-state index >= 15 is 0 Å². The maximum absolute atomic E-state index is 5.40. The Bertz CT molecular complexity index is 617. The molecule has 0 N–H and O–H groups in total. The van der Waals surface area contributed by atoms with E-state index < -0.39 is 0 Å². The molecule has 0 bridgehead atoms. The Morgan fingerprint density at radius 2 is 1.14 bits per heavy atom. The monoisotopic (exact) mass is 285 g/mol. The Kier molecular flexibility index (Phi) is 2.88. The minimum Gasteiger partial charge on any atom is -0.526 e. The maximum Gasteiger partial charge on any atom is 0.658 e. The van der Waals surface area contributed by atoms with Gasteiger partial charge in [-0.3, -0.25) is 0 Å². The van der Waals surface area contributed by atoms with Crippen LogP contribution in [0.5, 0.6) is 34.5 Å². The molecule has 105 valence electrons. The van der Waals surface area contributed by atoms with Gasteiger partial charge in [-0.05, 0) is 24.3 Å². The van der Waals surface area contributed by atoms with E-state index in [1.807, 2.05) is 0 Å². The Morgan fingerprint density at radius 3 is 1.67 bits per heavy atom. The lowest BCUT2D eigenvalue weighted by atomic mass is 10.2. The molecular weight excluding hydrogens is 275 g/mol. The van der Waals surface area contributed by atoms with Gasteiger partial charge in [-0.2, -0.15) is 0 Å². The lowest BCUT2D eigenvalue weighted by molar-refractivity contribution is 0.173. The zero-order valence-electron chi connectivity index (χ0n) is 10.9. The van der Waals surface area contributed by atoms with E-state index in [1.165, 1.54) is 7.69 Å². The number of hydrogen-bond donors (Lipinski definition) is 0. The summed E-state index contributed by atoms with van der Waals surface area (Å²) in [6, 6.07) is 10.6. The van der Waals surface area contributed by atoms with Crippen LogP contribution in [0, 0.1) is 0 Å². The number of ether oxygens (including phenoxy) is 4. The average molecular weight is 285 g/mol. The third kappa shape index (κ3) is 2.38. The van der Waals surface area contributed by atoms with Crippen LogP contribution in [0.15, 0.2) is 36.4 Å². The van der Waals surface area contributed by atoms with Crippen LogP contribution in [-0.4, -0.2) is 21.3 Å². The van der Waals surface area contributed by atoms with Gasteiger partial charge < -0.3 is 28.3 Å². The second kappa shape index (κ2) is 5.01. The third-order valence-electron chi connectivity index (χ3n) is 3.06. The molecule has 4 rings (SSSR count). The van der Waals surface area contributed by atoms with Crippen molar-refractivity contribution in [3.63, 3.8) is 0 Å². The van der Waals surface area contributed by atoms with Crippen LogP contribution in [0.2, 0.25) is 0 Å². The Labute approximate surface area is 121 Å². The van der Waals surface area contributed by atoms with Crippen LogP contribution in [-0.2, 0) is 0 Å². The van der Waals surface area contributed by atoms with Crippen LogP contribution in [0.4, 0.5) is 0 Å². The highest BCUT2D eigenvalue weighted by Gasteiger charge is 2.16. The molecule has 2 aliphatic rings. The van der Waals surface area contributed by atoms with Crippen molar-refractivity contribution in [2.45, 2.75) is 0 Å². The van der Waals surface area contributed by atoms with E-state index in [2.05, 4.69) is 0 Å². The van der Waals surface area contributed by atoms with Crippen molar-refractivity contribution in [1.82, 2.24) is 0 Å². The molecular formula is C14H10BO6. The summed E-state index contributed by atoms with van der Waals surface area (Å²) in [5.41, 5.74) is 0. The smallest absolute Gasteiger partial charge is 0.526 e. The lowest BCUT2D eigenvalue weighted by Crippen LogP contribution is -2.10. The summed E-state index contributed by atoms with van der Waals surface area (Å²) in [4.78, 5) is 0. The molecule has 0 saturated carbocycles. The predicted molar refractivity (Wildman–Crippen MR) is 72.1 cm³/mol. The average Bonchev–Trinajstić information content (AvgIpc) is 3.14. The van der Waals surface area contributed by atoms with Crippen molar-refractivity contribution in [3.05, 3.63) is 36.4 Å². The Balaban J connectivity index is 1.37. The van der Waals surface area contributed by atoms with Gasteiger partial charge in [0.1, 0.15) is 11.5 Å². The van der Waals surface area contributed by atoms with Gasteiger partial charge in [0.15, 0.2) is 23.0 Å². The highest BCUT2D eigenvalue weighted by Crippen LogP contribution is 2.36. The first-order chi connectivity index (χ1) is 10.4.